The Morgan fingerprint density at radius 3 is 2.42 bits per heavy atom. The van der Waals surface area contributed by atoms with E-state index in [9.17, 15) is 9.59 Å². The van der Waals surface area contributed by atoms with Crippen LogP contribution in [-0.4, -0.2) is 31.4 Å². The van der Waals surface area contributed by atoms with E-state index in [0.717, 1.165) is 22.6 Å². The fraction of sp³-hybridized carbons (Fsp3) is 0.263. The minimum absolute atomic E-state index is 0.00644. The third-order valence-corrected chi connectivity index (χ3v) is 4.27. The zero-order valence-corrected chi connectivity index (χ0v) is 13.5. The van der Waals surface area contributed by atoms with Crippen molar-refractivity contribution >= 4 is 11.8 Å². The molecular weight excluding hydrogens is 302 g/mol. The Morgan fingerprint density at radius 1 is 1.08 bits per heavy atom. The fourth-order valence-electron chi connectivity index (χ4n) is 3.07. The van der Waals surface area contributed by atoms with Crippen LogP contribution in [0.25, 0.3) is 0 Å². The maximum Gasteiger partial charge on any atom is 0.283 e. The molecule has 3 N–H and O–H groups in total. The van der Waals surface area contributed by atoms with E-state index in [4.69, 9.17) is 0 Å². The van der Waals surface area contributed by atoms with Crippen LogP contribution in [0.4, 0.5) is 0 Å². The summed E-state index contributed by atoms with van der Waals surface area (Å²) in [5.41, 5.74) is 2.00. The summed E-state index contributed by atoms with van der Waals surface area (Å²) < 4.78 is 0. The first-order valence-corrected chi connectivity index (χ1v) is 8.22. The quantitative estimate of drug-likeness (QED) is 0.728. The van der Waals surface area contributed by atoms with Crippen LogP contribution in [0.3, 0.4) is 0 Å². The summed E-state index contributed by atoms with van der Waals surface area (Å²) in [7, 11) is 0. The van der Waals surface area contributed by atoms with E-state index in [1.807, 2.05) is 60.7 Å². The van der Waals surface area contributed by atoms with Gasteiger partial charge in [-0.1, -0.05) is 60.7 Å². The van der Waals surface area contributed by atoms with Gasteiger partial charge in [0.2, 0.25) is 0 Å². The van der Waals surface area contributed by atoms with Gasteiger partial charge in [-0.3, -0.25) is 9.59 Å². The number of rotatable bonds is 5. The van der Waals surface area contributed by atoms with Crippen molar-refractivity contribution in [2.75, 3.05) is 19.6 Å². The molecule has 3 rings (SSSR count). The van der Waals surface area contributed by atoms with E-state index in [0.29, 0.717) is 19.6 Å². The summed E-state index contributed by atoms with van der Waals surface area (Å²) in [6, 6.07) is 19.1. The van der Waals surface area contributed by atoms with Gasteiger partial charge in [0.25, 0.3) is 11.8 Å². The molecule has 0 aliphatic carbocycles. The number of carbonyl (C=O) groups is 2. The van der Waals surface area contributed by atoms with Gasteiger partial charge in [0.05, 0.1) is 13.1 Å². The first-order valence-electron chi connectivity index (χ1n) is 8.22. The first kappa shape index (κ1) is 16.2. The van der Waals surface area contributed by atoms with Gasteiger partial charge >= 0.3 is 0 Å². The maximum atomic E-state index is 12.9. The van der Waals surface area contributed by atoms with Crippen LogP contribution >= 0.6 is 0 Å². The zero-order valence-electron chi connectivity index (χ0n) is 13.5. The molecule has 1 heterocycles. The standard InChI is InChI=1S/C19H21N3O2/c23-17-14-22(12-11-20-17)18(16-9-5-2-6-10-16)19(24)21-13-15-7-3-1-4-8-15/h1-10,18H,11-14H2,(H,20,23)(H,21,24)/p+1/t18-/m0/s1. The highest BCUT2D eigenvalue weighted by molar-refractivity contribution is 5.82. The Kier molecular flexibility index (Phi) is 5.23. The van der Waals surface area contributed by atoms with Crippen molar-refractivity contribution in [3.05, 3.63) is 71.8 Å². The van der Waals surface area contributed by atoms with E-state index < -0.39 is 0 Å². The molecule has 1 fully saturated rings. The minimum atomic E-state index is -0.374. The van der Waals surface area contributed by atoms with Crippen molar-refractivity contribution < 1.29 is 14.5 Å². The molecule has 0 bridgehead atoms. The van der Waals surface area contributed by atoms with Gasteiger partial charge in [-0.05, 0) is 5.56 Å². The molecule has 2 amide bonds. The number of nitrogens with one attached hydrogen (secondary N) is 3. The van der Waals surface area contributed by atoms with Crippen LogP contribution in [-0.2, 0) is 16.1 Å². The van der Waals surface area contributed by atoms with Crippen molar-refractivity contribution in [2.45, 2.75) is 12.6 Å². The van der Waals surface area contributed by atoms with Crippen LogP contribution in [0.15, 0.2) is 60.7 Å². The fourth-order valence-corrected chi connectivity index (χ4v) is 3.07. The Bertz CT molecular complexity index is 688. The largest absolute Gasteiger partial charge is 0.347 e. The third kappa shape index (κ3) is 4.00. The number of hydrogen-bond donors (Lipinski definition) is 3. The lowest BCUT2D eigenvalue weighted by atomic mass is 10.0. The summed E-state index contributed by atoms with van der Waals surface area (Å²) in [5, 5.41) is 5.84. The van der Waals surface area contributed by atoms with Gasteiger partial charge in [-0.2, -0.15) is 0 Å². The van der Waals surface area contributed by atoms with Crippen LogP contribution in [0.5, 0.6) is 0 Å². The number of quaternary nitrogens is 1. The van der Waals surface area contributed by atoms with Crippen molar-refractivity contribution in [2.24, 2.45) is 0 Å². The summed E-state index contributed by atoms with van der Waals surface area (Å²) in [6.45, 7) is 2.15. The Morgan fingerprint density at radius 2 is 1.75 bits per heavy atom. The van der Waals surface area contributed by atoms with Crippen LogP contribution in [0.1, 0.15) is 17.2 Å². The number of amides is 2. The lowest BCUT2D eigenvalue weighted by molar-refractivity contribution is -0.915. The van der Waals surface area contributed by atoms with Crippen LogP contribution < -0.4 is 15.5 Å². The molecule has 1 aliphatic heterocycles. The molecule has 0 saturated carbocycles. The predicted octanol–water partition coefficient (Wildman–Crippen LogP) is 0.0588. The number of carbonyl (C=O) groups excluding carboxylic acids is 2. The molecule has 5 nitrogen and oxygen atoms in total. The van der Waals surface area contributed by atoms with Crippen LogP contribution in [0.2, 0.25) is 0 Å². The molecular formula is C19H22N3O2+. The summed E-state index contributed by atoms with van der Waals surface area (Å²) >= 11 is 0. The second kappa shape index (κ2) is 7.75. The highest BCUT2D eigenvalue weighted by atomic mass is 16.2. The van der Waals surface area contributed by atoms with Gasteiger partial charge in [0.15, 0.2) is 12.6 Å². The number of piperazine rings is 1. The van der Waals surface area contributed by atoms with Gasteiger partial charge in [-0.15, -0.1) is 0 Å². The molecule has 1 aliphatic rings. The van der Waals surface area contributed by atoms with Gasteiger partial charge in [0.1, 0.15) is 0 Å². The van der Waals surface area contributed by atoms with E-state index in [2.05, 4.69) is 10.6 Å². The third-order valence-electron chi connectivity index (χ3n) is 4.27. The van der Waals surface area contributed by atoms with E-state index in [1.54, 1.807) is 0 Å². The smallest absolute Gasteiger partial charge is 0.283 e. The molecule has 1 unspecified atom stereocenters. The molecule has 24 heavy (non-hydrogen) atoms. The van der Waals surface area contributed by atoms with Gasteiger partial charge in [-0.25, -0.2) is 0 Å². The lowest BCUT2D eigenvalue weighted by Crippen LogP contribution is -3.16. The summed E-state index contributed by atoms with van der Waals surface area (Å²) in [5.74, 6) is -0.0530. The Balaban J connectivity index is 1.76. The monoisotopic (exact) mass is 324 g/mol. The van der Waals surface area contributed by atoms with E-state index >= 15 is 0 Å². The lowest BCUT2D eigenvalue weighted by Gasteiger charge is -2.30. The van der Waals surface area contributed by atoms with Crippen molar-refractivity contribution in [3.63, 3.8) is 0 Å². The zero-order chi connectivity index (χ0) is 16.8. The molecule has 1 saturated heterocycles. The molecule has 2 atom stereocenters. The molecule has 0 aromatic heterocycles. The second-order valence-electron chi connectivity index (χ2n) is 5.98. The SMILES string of the molecule is O=C1C[NH+]([C@H](C(=O)NCc2ccccc2)c2ccccc2)CCN1. The van der Waals surface area contributed by atoms with Gasteiger partial charge < -0.3 is 15.5 Å². The van der Waals surface area contributed by atoms with Crippen molar-refractivity contribution in [3.8, 4) is 0 Å². The predicted molar refractivity (Wildman–Crippen MR) is 91.2 cm³/mol. The first-order chi connectivity index (χ1) is 11.7. The van der Waals surface area contributed by atoms with Crippen molar-refractivity contribution in [1.82, 2.24) is 10.6 Å². The molecule has 2 aromatic carbocycles. The summed E-state index contributed by atoms with van der Waals surface area (Å²) in [4.78, 5) is 25.6. The van der Waals surface area contributed by atoms with E-state index in [-0.39, 0.29) is 17.9 Å². The van der Waals surface area contributed by atoms with Crippen molar-refractivity contribution in [1.29, 1.82) is 0 Å². The highest BCUT2D eigenvalue weighted by Gasteiger charge is 2.34. The molecule has 2 aromatic rings. The normalized spacial score (nSPS) is 18.5. The Labute approximate surface area is 141 Å². The minimum Gasteiger partial charge on any atom is -0.347 e. The van der Waals surface area contributed by atoms with Gasteiger partial charge in [0, 0.05) is 12.1 Å². The topological polar surface area (TPSA) is 62.6 Å². The molecule has 0 spiro atoms. The second-order valence-corrected chi connectivity index (χ2v) is 5.98. The summed E-state index contributed by atoms with van der Waals surface area (Å²) in [6.07, 6.45) is 0. The average molecular weight is 324 g/mol. The highest BCUT2D eigenvalue weighted by Crippen LogP contribution is 2.10. The average Bonchev–Trinajstić information content (AvgIpc) is 2.62. The number of hydrogen-bond acceptors (Lipinski definition) is 2. The van der Waals surface area contributed by atoms with E-state index in [1.165, 1.54) is 0 Å². The molecule has 5 heteroatoms. The van der Waals surface area contributed by atoms with Crippen LogP contribution in [0, 0.1) is 0 Å². The number of benzene rings is 2. The molecule has 124 valence electrons. The Hall–Kier alpha value is -2.66. The maximum absolute atomic E-state index is 12.9. The molecule has 0 radical (unpaired) electrons.